The van der Waals surface area contributed by atoms with Gasteiger partial charge in [0.15, 0.2) is 0 Å². The number of aromatic hydroxyl groups is 1. The lowest BCUT2D eigenvalue weighted by molar-refractivity contribution is 0.472. The van der Waals surface area contributed by atoms with E-state index in [2.05, 4.69) is 24.5 Å². The number of nitrogens with one attached hydrogen (secondary N) is 2. The Hall–Kier alpha value is -1.22. The van der Waals surface area contributed by atoms with Crippen LogP contribution in [0.3, 0.4) is 0 Å². The van der Waals surface area contributed by atoms with Gasteiger partial charge in [0.25, 0.3) is 0 Å². The van der Waals surface area contributed by atoms with Gasteiger partial charge in [-0.3, -0.25) is 0 Å². The van der Waals surface area contributed by atoms with Gasteiger partial charge in [0.2, 0.25) is 0 Å². The van der Waals surface area contributed by atoms with Crippen molar-refractivity contribution in [2.24, 2.45) is 0 Å². The van der Waals surface area contributed by atoms with Crippen LogP contribution in [0.1, 0.15) is 25.8 Å². The van der Waals surface area contributed by atoms with Gasteiger partial charge < -0.3 is 15.7 Å². The van der Waals surface area contributed by atoms with Crippen molar-refractivity contribution in [3.63, 3.8) is 0 Å². The fraction of sp³-hybridized carbons (Fsp3) is 0.538. The Bertz CT molecular complexity index is 363. The summed E-state index contributed by atoms with van der Waals surface area (Å²) < 4.78 is 0. The third kappa shape index (κ3) is 2.67. The molecule has 1 atom stereocenters. The Labute approximate surface area is 96.9 Å². The maximum absolute atomic E-state index is 9.39. The number of phenols is 1. The van der Waals surface area contributed by atoms with E-state index in [1.165, 1.54) is 11.3 Å². The second kappa shape index (κ2) is 4.74. The van der Waals surface area contributed by atoms with Crippen molar-refractivity contribution in [3.05, 3.63) is 23.8 Å². The largest absolute Gasteiger partial charge is 0.508 e. The molecule has 3 heteroatoms. The topological polar surface area (TPSA) is 44.3 Å². The summed E-state index contributed by atoms with van der Waals surface area (Å²) in [6, 6.07) is 6.59. The first-order chi connectivity index (χ1) is 7.65. The van der Waals surface area contributed by atoms with Crippen molar-refractivity contribution in [3.8, 4) is 5.75 Å². The first kappa shape index (κ1) is 11.3. The molecule has 1 aliphatic rings. The summed E-state index contributed by atoms with van der Waals surface area (Å²) in [7, 11) is 0. The Morgan fingerprint density at radius 1 is 1.50 bits per heavy atom. The van der Waals surface area contributed by atoms with Gasteiger partial charge in [0, 0.05) is 24.3 Å². The zero-order valence-electron chi connectivity index (χ0n) is 9.96. The van der Waals surface area contributed by atoms with Crippen LogP contribution < -0.4 is 10.6 Å². The second-order valence-corrected chi connectivity index (χ2v) is 4.78. The second-order valence-electron chi connectivity index (χ2n) is 4.78. The van der Waals surface area contributed by atoms with Crippen LogP contribution in [-0.2, 0) is 6.42 Å². The first-order valence-electron chi connectivity index (χ1n) is 5.97. The van der Waals surface area contributed by atoms with E-state index < -0.39 is 0 Å². The standard InChI is InChI=1S/C13H20N2O/c1-9(2)14-8-11-4-3-10-7-12(16)5-6-13(10)15-11/h5-7,9,11,14-16H,3-4,8H2,1-2H3. The number of phenolic OH excluding ortho intramolecular Hbond substituents is 1. The lowest BCUT2D eigenvalue weighted by atomic mass is 9.97. The molecule has 0 amide bonds. The van der Waals surface area contributed by atoms with Crippen molar-refractivity contribution >= 4 is 5.69 Å². The van der Waals surface area contributed by atoms with E-state index in [-0.39, 0.29) is 0 Å². The van der Waals surface area contributed by atoms with Crippen LogP contribution in [0.25, 0.3) is 0 Å². The Kier molecular flexibility index (Phi) is 3.34. The fourth-order valence-corrected chi connectivity index (χ4v) is 2.08. The molecule has 1 unspecified atom stereocenters. The number of fused-ring (bicyclic) bond motifs is 1. The molecule has 0 aliphatic carbocycles. The molecule has 3 N–H and O–H groups in total. The number of hydrogen-bond donors (Lipinski definition) is 3. The van der Waals surface area contributed by atoms with Gasteiger partial charge in [-0.25, -0.2) is 0 Å². The zero-order chi connectivity index (χ0) is 11.5. The molecule has 0 fully saturated rings. The molecule has 0 saturated heterocycles. The van der Waals surface area contributed by atoms with E-state index >= 15 is 0 Å². The number of aryl methyl sites for hydroxylation is 1. The van der Waals surface area contributed by atoms with Crippen molar-refractivity contribution in [2.75, 3.05) is 11.9 Å². The fourth-order valence-electron chi connectivity index (χ4n) is 2.08. The highest BCUT2D eigenvalue weighted by atomic mass is 16.3. The molecular weight excluding hydrogens is 200 g/mol. The average molecular weight is 220 g/mol. The summed E-state index contributed by atoms with van der Waals surface area (Å²) in [5.41, 5.74) is 2.39. The molecule has 0 saturated carbocycles. The third-order valence-corrected chi connectivity index (χ3v) is 2.98. The highest BCUT2D eigenvalue weighted by molar-refractivity contribution is 5.56. The van der Waals surface area contributed by atoms with Crippen molar-refractivity contribution in [1.82, 2.24) is 5.32 Å². The van der Waals surface area contributed by atoms with Gasteiger partial charge in [-0.15, -0.1) is 0 Å². The highest BCUT2D eigenvalue weighted by Gasteiger charge is 2.17. The molecule has 0 radical (unpaired) electrons. The van der Waals surface area contributed by atoms with E-state index in [4.69, 9.17) is 0 Å². The Morgan fingerprint density at radius 3 is 3.06 bits per heavy atom. The summed E-state index contributed by atoms with van der Waals surface area (Å²) in [5.74, 6) is 0.360. The highest BCUT2D eigenvalue weighted by Crippen LogP contribution is 2.27. The van der Waals surface area contributed by atoms with E-state index in [0.717, 1.165) is 19.4 Å². The smallest absolute Gasteiger partial charge is 0.116 e. The maximum Gasteiger partial charge on any atom is 0.116 e. The van der Waals surface area contributed by atoms with Crippen molar-refractivity contribution in [1.29, 1.82) is 0 Å². The quantitative estimate of drug-likeness (QED) is 0.684. The molecule has 0 aromatic heterocycles. The van der Waals surface area contributed by atoms with Gasteiger partial charge in [-0.05, 0) is 36.6 Å². The average Bonchev–Trinajstić information content (AvgIpc) is 2.26. The molecule has 88 valence electrons. The van der Waals surface area contributed by atoms with E-state index in [1.807, 2.05) is 12.1 Å². The molecule has 0 spiro atoms. The summed E-state index contributed by atoms with van der Waals surface area (Å²) >= 11 is 0. The summed E-state index contributed by atoms with van der Waals surface area (Å²) in [6.45, 7) is 5.32. The molecule has 1 heterocycles. The minimum Gasteiger partial charge on any atom is -0.508 e. The van der Waals surface area contributed by atoms with Crippen LogP contribution in [0, 0.1) is 0 Å². The molecule has 2 rings (SSSR count). The molecule has 1 aromatic carbocycles. The van der Waals surface area contributed by atoms with Gasteiger partial charge in [-0.2, -0.15) is 0 Å². The number of hydrogen-bond acceptors (Lipinski definition) is 3. The van der Waals surface area contributed by atoms with E-state index in [0.29, 0.717) is 17.8 Å². The van der Waals surface area contributed by atoms with Crippen molar-refractivity contribution in [2.45, 2.75) is 38.8 Å². The maximum atomic E-state index is 9.39. The number of anilines is 1. The van der Waals surface area contributed by atoms with Crippen LogP contribution in [0.2, 0.25) is 0 Å². The van der Waals surface area contributed by atoms with Crippen LogP contribution in [0.4, 0.5) is 5.69 Å². The lowest BCUT2D eigenvalue weighted by Gasteiger charge is -2.28. The normalized spacial score (nSPS) is 19.3. The van der Waals surface area contributed by atoms with Gasteiger partial charge in [-0.1, -0.05) is 13.8 Å². The molecule has 1 aromatic rings. The summed E-state index contributed by atoms with van der Waals surface area (Å²) in [5, 5.41) is 16.3. The van der Waals surface area contributed by atoms with E-state index in [1.54, 1.807) is 6.07 Å². The zero-order valence-corrected chi connectivity index (χ0v) is 9.96. The van der Waals surface area contributed by atoms with Crippen LogP contribution in [0.5, 0.6) is 5.75 Å². The van der Waals surface area contributed by atoms with Gasteiger partial charge >= 0.3 is 0 Å². The minimum atomic E-state index is 0.360. The third-order valence-electron chi connectivity index (χ3n) is 2.98. The number of benzene rings is 1. The first-order valence-corrected chi connectivity index (χ1v) is 5.97. The van der Waals surface area contributed by atoms with Crippen molar-refractivity contribution < 1.29 is 5.11 Å². The SMILES string of the molecule is CC(C)NCC1CCc2cc(O)ccc2N1. The predicted molar refractivity (Wildman–Crippen MR) is 67.0 cm³/mol. The predicted octanol–water partition coefficient (Wildman–Crippen LogP) is 2.12. The van der Waals surface area contributed by atoms with Crippen LogP contribution >= 0.6 is 0 Å². The molecule has 0 bridgehead atoms. The molecule has 1 aliphatic heterocycles. The lowest BCUT2D eigenvalue weighted by Crippen LogP contribution is -2.38. The Balaban J connectivity index is 1.98. The molecular formula is C13H20N2O. The summed E-state index contributed by atoms with van der Waals surface area (Å²) in [4.78, 5) is 0. The van der Waals surface area contributed by atoms with E-state index in [9.17, 15) is 5.11 Å². The van der Waals surface area contributed by atoms with Gasteiger partial charge in [0.05, 0.1) is 0 Å². The Morgan fingerprint density at radius 2 is 2.31 bits per heavy atom. The van der Waals surface area contributed by atoms with Crippen LogP contribution in [-0.4, -0.2) is 23.7 Å². The summed E-state index contributed by atoms with van der Waals surface area (Å²) in [6.07, 6.45) is 2.16. The molecule has 16 heavy (non-hydrogen) atoms. The minimum absolute atomic E-state index is 0.360. The molecule has 3 nitrogen and oxygen atoms in total. The monoisotopic (exact) mass is 220 g/mol. The van der Waals surface area contributed by atoms with Gasteiger partial charge in [0.1, 0.15) is 5.75 Å². The van der Waals surface area contributed by atoms with Crippen LogP contribution in [0.15, 0.2) is 18.2 Å². The number of rotatable bonds is 3.